The molecule has 0 saturated heterocycles. The van der Waals surface area contributed by atoms with Crippen LogP contribution in [-0.4, -0.2) is 86.8 Å². The molecule has 4 nitrogen and oxygen atoms in total. The van der Waals surface area contributed by atoms with Crippen molar-refractivity contribution in [1.82, 2.24) is 0 Å². The molecule has 0 rings (SSSR count). The molecule has 0 fully saturated rings. The van der Waals surface area contributed by atoms with Crippen molar-refractivity contribution in [3.63, 3.8) is 0 Å². The second kappa shape index (κ2) is 8.21. The Morgan fingerprint density at radius 1 is 1.22 bits per heavy atom. The Labute approximate surface area is 97.8 Å². The number of aliphatic hydroxyl groups is 1. The molecule has 3 N–H and O–H groups in total. The molecule has 0 aromatic carbocycles. The van der Waals surface area contributed by atoms with Crippen molar-refractivity contribution >= 4 is 66.7 Å². The molecule has 0 aliphatic carbocycles. The van der Waals surface area contributed by atoms with Gasteiger partial charge in [-0.15, -0.1) is 0 Å². The van der Waals surface area contributed by atoms with Gasteiger partial charge in [-0.3, -0.25) is 4.57 Å². The number of hydrogen-bond acceptors (Lipinski definition) is 2. The summed E-state index contributed by atoms with van der Waals surface area (Å²) < 4.78 is 9.77. The zero-order chi connectivity index (χ0) is 5.91. The third-order valence-corrected chi connectivity index (χ3v) is 1.17. The first-order valence-corrected chi connectivity index (χ1v) is 3.51. The van der Waals surface area contributed by atoms with E-state index in [0.29, 0.717) is 0 Å². The van der Waals surface area contributed by atoms with Crippen molar-refractivity contribution in [2.75, 3.05) is 12.8 Å². The van der Waals surface area contributed by atoms with E-state index < -0.39 is 20.4 Å². The van der Waals surface area contributed by atoms with Gasteiger partial charge in [-0.2, -0.15) is 0 Å². The van der Waals surface area contributed by atoms with Gasteiger partial charge >= 0.3 is 66.7 Å². The standard InChI is InChI=1S/C2H7O4P.2Na.2H/c3-1-2-7(4,5)6;;;;/h3H,1-2H2,(H2,4,5,6);;;;. The molecule has 0 saturated carbocycles. The molecule has 0 spiro atoms. The van der Waals surface area contributed by atoms with E-state index in [2.05, 4.69) is 0 Å². The van der Waals surface area contributed by atoms with Gasteiger partial charge in [0.2, 0.25) is 0 Å². The van der Waals surface area contributed by atoms with E-state index in [-0.39, 0.29) is 59.1 Å². The van der Waals surface area contributed by atoms with E-state index >= 15 is 0 Å². The van der Waals surface area contributed by atoms with Crippen LogP contribution < -0.4 is 0 Å². The average Bonchev–Trinajstić information content (AvgIpc) is 1.30. The third-order valence-electron chi connectivity index (χ3n) is 0.391. The molecular formula is C2H9Na2O4P. The molecule has 0 heterocycles. The maximum atomic E-state index is 9.77. The van der Waals surface area contributed by atoms with Crippen LogP contribution in [0.2, 0.25) is 0 Å². The molecule has 0 unspecified atom stereocenters. The van der Waals surface area contributed by atoms with Gasteiger partial charge in [0.25, 0.3) is 0 Å². The van der Waals surface area contributed by atoms with Crippen molar-refractivity contribution in [3.05, 3.63) is 0 Å². The zero-order valence-corrected chi connectivity index (χ0v) is 4.51. The Kier molecular flexibility index (Phi) is 15.7. The second-order valence-electron chi connectivity index (χ2n) is 1.11. The SMILES string of the molecule is O=P(O)(O)CCO.[NaH].[NaH]. The van der Waals surface area contributed by atoms with Gasteiger partial charge in [0, 0.05) is 0 Å². The maximum absolute atomic E-state index is 9.77. The summed E-state index contributed by atoms with van der Waals surface area (Å²) in [5.74, 6) is 0. The summed E-state index contributed by atoms with van der Waals surface area (Å²) in [5.41, 5.74) is 0. The molecule has 0 amide bonds. The summed E-state index contributed by atoms with van der Waals surface area (Å²) in [4.78, 5) is 15.9. The van der Waals surface area contributed by atoms with Gasteiger partial charge in [-0.1, -0.05) is 0 Å². The Balaban J connectivity index is -0.000000180. The summed E-state index contributed by atoms with van der Waals surface area (Å²) in [6.45, 7) is -0.454. The molecule has 0 aliphatic rings. The molecule has 0 aromatic rings. The topological polar surface area (TPSA) is 77.8 Å². The molecule has 0 bridgehead atoms. The Hall–Kier alpha value is 2.11. The van der Waals surface area contributed by atoms with E-state index in [1.54, 1.807) is 0 Å². The van der Waals surface area contributed by atoms with Crippen LogP contribution in [0, 0.1) is 0 Å². The van der Waals surface area contributed by atoms with Crippen LogP contribution in [0.15, 0.2) is 0 Å². The molecule has 0 aliphatic heterocycles. The van der Waals surface area contributed by atoms with Crippen molar-refractivity contribution < 1.29 is 19.5 Å². The van der Waals surface area contributed by atoms with Gasteiger partial charge in [0.05, 0.1) is 12.8 Å². The van der Waals surface area contributed by atoms with Crippen molar-refractivity contribution in [2.45, 2.75) is 0 Å². The number of rotatable bonds is 2. The van der Waals surface area contributed by atoms with Crippen LogP contribution >= 0.6 is 7.60 Å². The van der Waals surface area contributed by atoms with Gasteiger partial charge in [0.15, 0.2) is 0 Å². The molecule has 7 heteroatoms. The van der Waals surface area contributed by atoms with Crippen LogP contribution in [0.25, 0.3) is 0 Å². The third kappa shape index (κ3) is 17.8. The van der Waals surface area contributed by atoms with Gasteiger partial charge < -0.3 is 14.9 Å². The minimum atomic E-state index is -3.92. The summed E-state index contributed by atoms with van der Waals surface area (Å²) >= 11 is 0. The van der Waals surface area contributed by atoms with Crippen molar-refractivity contribution in [2.24, 2.45) is 0 Å². The van der Waals surface area contributed by atoms with Crippen LogP contribution in [0.5, 0.6) is 0 Å². The van der Waals surface area contributed by atoms with E-state index in [1.807, 2.05) is 0 Å². The summed E-state index contributed by atoms with van der Waals surface area (Å²) in [7, 11) is -3.92. The molecule has 0 radical (unpaired) electrons. The van der Waals surface area contributed by atoms with Gasteiger partial charge in [0.1, 0.15) is 0 Å². The van der Waals surface area contributed by atoms with Gasteiger partial charge in [-0.05, 0) is 0 Å². The van der Waals surface area contributed by atoms with E-state index in [0.717, 1.165) is 0 Å². The first-order chi connectivity index (χ1) is 3.06. The Morgan fingerprint density at radius 3 is 1.56 bits per heavy atom. The first kappa shape index (κ1) is 17.3. The summed E-state index contributed by atoms with van der Waals surface area (Å²) in [5, 5.41) is 7.91. The predicted octanol–water partition coefficient (Wildman–Crippen LogP) is -2.14. The number of aliphatic hydroxyl groups excluding tert-OH is 1. The van der Waals surface area contributed by atoms with Crippen LogP contribution in [-0.2, 0) is 4.57 Å². The quantitative estimate of drug-likeness (QED) is 0.329. The molecule has 0 aromatic heterocycles. The van der Waals surface area contributed by atoms with Crippen LogP contribution in [0.4, 0.5) is 0 Å². The summed E-state index contributed by atoms with van der Waals surface area (Å²) in [6.07, 6.45) is -0.438. The van der Waals surface area contributed by atoms with Crippen molar-refractivity contribution in [3.8, 4) is 0 Å². The Bertz CT molecular complexity index is 90.6. The zero-order valence-electron chi connectivity index (χ0n) is 3.61. The predicted molar refractivity (Wildman–Crippen MR) is 38.3 cm³/mol. The fourth-order valence-electron chi connectivity index (χ4n) is 0.130. The monoisotopic (exact) mass is 174 g/mol. The summed E-state index contributed by atoms with van der Waals surface area (Å²) in [6, 6.07) is 0. The Morgan fingerprint density at radius 2 is 1.56 bits per heavy atom. The molecule has 48 valence electrons. The normalized spacial score (nSPS) is 9.22. The van der Waals surface area contributed by atoms with Crippen LogP contribution in [0.1, 0.15) is 0 Å². The molecule has 9 heavy (non-hydrogen) atoms. The van der Waals surface area contributed by atoms with E-state index in [1.165, 1.54) is 0 Å². The van der Waals surface area contributed by atoms with Crippen molar-refractivity contribution in [1.29, 1.82) is 0 Å². The second-order valence-corrected chi connectivity index (χ2v) is 2.89. The first-order valence-electron chi connectivity index (χ1n) is 1.72. The van der Waals surface area contributed by atoms with Gasteiger partial charge in [-0.25, -0.2) is 0 Å². The molecule has 0 atom stereocenters. The molecular weight excluding hydrogens is 165 g/mol. The van der Waals surface area contributed by atoms with E-state index in [4.69, 9.17) is 14.9 Å². The van der Waals surface area contributed by atoms with E-state index in [9.17, 15) is 4.57 Å². The minimum absolute atomic E-state index is 0. The number of hydrogen-bond donors (Lipinski definition) is 3. The average molecular weight is 174 g/mol. The van der Waals surface area contributed by atoms with Crippen LogP contribution in [0.3, 0.4) is 0 Å². The fraction of sp³-hybridized carbons (Fsp3) is 1.00. The fourth-order valence-corrected chi connectivity index (χ4v) is 0.391.